The topological polar surface area (TPSA) is 52.6 Å². The molecule has 1 aliphatic carbocycles. The van der Waals surface area contributed by atoms with Crippen molar-refractivity contribution in [2.24, 2.45) is 11.8 Å². The van der Waals surface area contributed by atoms with Gasteiger partial charge in [-0.2, -0.15) is 0 Å². The van der Waals surface area contributed by atoms with Gasteiger partial charge in [-0.3, -0.25) is 9.59 Å². The van der Waals surface area contributed by atoms with Gasteiger partial charge in [-0.15, -0.1) is 0 Å². The summed E-state index contributed by atoms with van der Waals surface area (Å²) in [6.45, 7) is 4.14. The highest BCUT2D eigenvalue weighted by atomic mass is 16.5. The van der Waals surface area contributed by atoms with Crippen LogP contribution in [0.5, 0.6) is 0 Å². The summed E-state index contributed by atoms with van der Waals surface area (Å²) < 4.78 is 9.61. The van der Waals surface area contributed by atoms with Gasteiger partial charge >= 0.3 is 11.9 Å². The Bertz CT molecular complexity index is 231. The quantitative estimate of drug-likeness (QED) is 0.497. The van der Waals surface area contributed by atoms with Gasteiger partial charge in [0.2, 0.25) is 0 Å². The highest BCUT2D eigenvalue weighted by Crippen LogP contribution is 2.27. The predicted octanol–water partition coefficient (Wildman–Crippen LogP) is 0.915. The molecule has 0 aromatic heterocycles. The first-order valence-electron chi connectivity index (χ1n) is 4.72. The van der Waals surface area contributed by atoms with Gasteiger partial charge in [-0.25, -0.2) is 0 Å². The molecule has 78 valence electrons. The van der Waals surface area contributed by atoms with Crippen molar-refractivity contribution < 1.29 is 19.1 Å². The molecule has 1 aliphatic rings. The SMILES string of the molecule is CCOC(=O)[C@H]1C=C[C@H]1C(=O)OCC. The molecule has 0 saturated carbocycles. The van der Waals surface area contributed by atoms with Crippen LogP contribution in [0.1, 0.15) is 13.8 Å². The summed E-state index contributed by atoms with van der Waals surface area (Å²) in [5, 5.41) is 0. The van der Waals surface area contributed by atoms with Crippen molar-refractivity contribution in [1.29, 1.82) is 0 Å². The maximum Gasteiger partial charge on any atom is 0.313 e. The third kappa shape index (κ3) is 2.13. The van der Waals surface area contributed by atoms with Gasteiger partial charge in [0.25, 0.3) is 0 Å². The van der Waals surface area contributed by atoms with Crippen LogP contribution in [0.15, 0.2) is 12.2 Å². The summed E-state index contributed by atoms with van der Waals surface area (Å²) in [4.78, 5) is 22.5. The summed E-state index contributed by atoms with van der Waals surface area (Å²) in [6.07, 6.45) is 3.33. The number of ether oxygens (including phenoxy) is 2. The van der Waals surface area contributed by atoms with E-state index in [0.29, 0.717) is 13.2 Å². The zero-order valence-corrected chi connectivity index (χ0v) is 8.36. The Kier molecular flexibility index (Phi) is 3.68. The van der Waals surface area contributed by atoms with Crippen molar-refractivity contribution >= 4 is 11.9 Å². The largest absolute Gasteiger partial charge is 0.466 e. The number of hydrogen-bond acceptors (Lipinski definition) is 4. The first-order valence-corrected chi connectivity index (χ1v) is 4.72. The Morgan fingerprint density at radius 3 is 1.57 bits per heavy atom. The average Bonchev–Trinajstić information content (AvgIpc) is 2.02. The van der Waals surface area contributed by atoms with E-state index in [4.69, 9.17) is 9.47 Å². The van der Waals surface area contributed by atoms with Crippen LogP contribution in [0, 0.1) is 11.8 Å². The standard InChI is InChI=1S/C10H14O4/c1-3-13-9(11)7-5-6-8(7)10(12)14-4-2/h5-8H,3-4H2,1-2H3/t7-,8+. The van der Waals surface area contributed by atoms with Crippen LogP contribution in [0.4, 0.5) is 0 Å². The van der Waals surface area contributed by atoms with E-state index in [-0.39, 0.29) is 11.9 Å². The first kappa shape index (κ1) is 10.8. The van der Waals surface area contributed by atoms with Crippen LogP contribution in [0.3, 0.4) is 0 Å². The fraction of sp³-hybridized carbons (Fsp3) is 0.600. The lowest BCUT2D eigenvalue weighted by atomic mass is 9.82. The van der Waals surface area contributed by atoms with E-state index >= 15 is 0 Å². The number of carbonyl (C=O) groups excluding carboxylic acids is 2. The van der Waals surface area contributed by atoms with Gasteiger partial charge in [0.1, 0.15) is 0 Å². The fourth-order valence-corrected chi connectivity index (χ4v) is 1.26. The second-order valence-corrected chi connectivity index (χ2v) is 2.94. The van der Waals surface area contributed by atoms with Gasteiger partial charge in [0.05, 0.1) is 25.0 Å². The Hall–Kier alpha value is -1.32. The molecule has 4 nitrogen and oxygen atoms in total. The van der Waals surface area contributed by atoms with Crippen molar-refractivity contribution in [2.75, 3.05) is 13.2 Å². The number of esters is 2. The normalized spacial score (nSPS) is 23.9. The van der Waals surface area contributed by atoms with E-state index in [0.717, 1.165) is 0 Å². The molecule has 0 N–H and O–H groups in total. The minimum absolute atomic E-state index is 0.332. The van der Waals surface area contributed by atoms with Crippen molar-refractivity contribution in [3.8, 4) is 0 Å². The molecule has 14 heavy (non-hydrogen) atoms. The van der Waals surface area contributed by atoms with Gasteiger partial charge < -0.3 is 9.47 Å². The molecule has 0 spiro atoms. The number of hydrogen-bond donors (Lipinski definition) is 0. The molecule has 0 unspecified atom stereocenters. The molecule has 0 aliphatic heterocycles. The Morgan fingerprint density at radius 2 is 1.36 bits per heavy atom. The van der Waals surface area contributed by atoms with Gasteiger partial charge in [0.15, 0.2) is 0 Å². The average molecular weight is 198 g/mol. The van der Waals surface area contributed by atoms with E-state index in [1.165, 1.54) is 0 Å². The molecular weight excluding hydrogens is 184 g/mol. The zero-order chi connectivity index (χ0) is 10.6. The van der Waals surface area contributed by atoms with Crippen LogP contribution in [-0.2, 0) is 19.1 Å². The molecule has 0 fully saturated rings. The smallest absolute Gasteiger partial charge is 0.313 e. The van der Waals surface area contributed by atoms with E-state index in [1.54, 1.807) is 26.0 Å². The van der Waals surface area contributed by atoms with Crippen molar-refractivity contribution in [2.45, 2.75) is 13.8 Å². The lowest BCUT2D eigenvalue weighted by Gasteiger charge is -2.25. The Labute approximate surface area is 82.9 Å². The number of rotatable bonds is 4. The minimum atomic E-state index is -0.450. The van der Waals surface area contributed by atoms with Crippen LogP contribution in [-0.4, -0.2) is 25.2 Å². The van der Waals surface area contributed by atoms with Crippen LogP contribution in [0.2, 0.25) is 0 Å². The summed E-state index contributed by atoms with van der Waals surface area (Å²) in [5.74, 6) is -1.61. The van der Waals surface area contributed by atoms with Gasteiger partial charge in [-0.1, -0.05) is 12.2 Å². The molecule has 0 heterocycles. The molecule has 4 heteroatoms. The Balaban J connectivity index is 2.47. The monoisotopic (exact) mass is 198 g/mol. The van der Waals surface area contributed by atoms with Crippen molar-refractivity contribution in [3.63, 3.8) is 0 Å². The molecule has 0 amide bonds. The zero-order valence-electron chi connectivity index (χ0n) is 8.36. The molecule has 1 rings (SSSR count). The maximum atomic E-state index is 11.3. The Morgan fingerprint density at radius 1 is 1.00 bits per heavy atom. The summed E-state index contributed by atoms with van der Waals surface area (Å²) in [7, 11) is 0. The van der Waals surface area contributed by atoms with Crippen LogP contribution in [0.25, 0.3) is 0 Å². The van der Waals surface area contributed by atoms with E-state index in [1.807, 2.05) is 0 Å². The maximum absolute atomic E-state index is 11.3. The molecule has 0 aromatic carbocycles. The molecule has 0 saturated heterocycles. The lowest BCUT2D eigenvalue weighted by Crippen LogP contribution is -2.35. The molecule has 0 aromatic rings. The fourth-order valence-electron chi connectivity index (χ4n) is 1.26. The summed E-state index contributed by atoms with van der Waals surface area (Å²) in [5.41, 5.74) is 0. The van der Waals surface area contributed by atoms with Crippen molar-refractivity contribution in [1.82, 2.24) is 0 Å². The van der Waals surface area contributed by atoms with Crippen LogP contribution < -0.4 is 0 Å². The second kappa shape index (κ2) is 4.79. The predicted molar refractivity (Wildman–Crippen MR) is 49.4 cm³/mol. The lowest BCUT2D eigenvalue weighted by molar-refractivity contribution is -0.157. The van der Waals surface area contributed by atoms with Crippen LogP contribution >= 0.6 is 0 Å². The van der Waals surface area contributed by atoms with Gasteiger partial charge in [0, 0.05) is 0 Å². The third-order valence-electron chi connectivity index (χ3n) is 2.03. The highest BCUT2D eigenvalue weighted by molar-refractivity contribution is 5.87. The van der Waals surface area contributed by atoms with E-state index in [9.17, 15) is 9.59 Å². The molecule has 2 atom stereocenters. The van der Waals surface area contributed by atoms with Gasteiger partial charge in [-0.05, 0) is 13.8 Å². The minimum Gasteiger partial charge on any atom is -0.466 e. The second-order valence-electron chi connectivity index (χ2n) is 2.94. The highest BCUT2D eigenvalue weighted by Gasteiger charge is 2.37. The molecular formula is C10H14O4. The summed E-state index contributed by atoms with van der Waals surface area (Å²) in [6, 6.07) is 0. The van der Waals surface area contributed by atoms with E-state index in [2.05, 4.69) is 0 Å². The van der Waals surface area contributed by atoms with Crippen molar-refractivity contribution in [3.05, 3.63) is 12.2 Å². The first-order chi connectivity index (χ1) is 6.70. The summed E-state index contributed by atoms with van der Waals surface area (Å²) >= 11 is 0. The van der Waals surface area contributed by atoms with E-state index < -0.39 is 11.8 Å². The third-order valence-corrected chi connectivity index (χ3v) is 2.03. The number of carbonyl (C=O) groups is 2. The molecule has 0 bridgehead atoms. The molecule has 0 radical (unpaired) electrons.